The minimum Gasteiger partial charge on any atom is -0.385 e. The lowest BCUT2D eigenvalue weighted by Crippen LogP contribution is -2.37. The van der Waals surface area contributed by atoms with E-state index < -0.39 is 11.7 Å². The van der Waals surface area contributed by atoms with Gasteiger partial charge in [0.15, 0.2) is 0 Å². The first-order valence-corrected chi connectivity index (χ1v) is 5.96. The molecule has 0 fully saturated rings. The van der Waals surface area contributed by atoms with Crippen molar-refractivity contribution in [2.24, 2.45) is 0 Å². The van der Waals surface area contributed by atoms with Gasteiger partial charge in [0.2, 0.25) is 0 Å². The molecule has 0 spiro atoms. The molecule has 1 unspecified atom stereocenters. The van der Waals surface area contributed by atoms with Crippen LogP contribution in [-0.2, 0) is 4.74 Å². The zero-order chi connectivity index (χ0) is 12.2. The molecule has 0 saturated heterocycles. The quantitative estimate of drug-likeness (QED) is 0.855. The summed E-state index contributed by atoms with van der Waals surface area (Å²) in [5.41, 5.74) is 0.281. The average Bonchev–Trinajstić information content (AvgIpc) is 2.32. The van der Waals surface area contributed by atoms with Crippen LogP contribution in [0.5, 0.6) is 0 Å². The molecule has 0 bridgehead atoms. The largest absolute Gasteiger partial charge is 0.385 e. The molecule has 90 valence electrons. The molecular formula is C13H19ClO2. The van der Waals surface area contributed by atoms with Crippen LogP contribution in [0.1, 0.15) is 38.4 Å². The van der Waals surface area contributed by atoms with Crippen LogP contribution in [0.15, 0.2) is 24.3 Å². The van der Waals surface area contributed by atoms with Crippen LogP contribution in [0.2, 0.25) is 5.02 Å². The molecule has 1 aromatic carbocycles. The Bertz CT molecular complexity index is 326. The summed E-state index contributed by atoms with van der Waals surface area (Å²) in [6.07, 6.45) is 0.868. The molecule has 0 aliphatic rings. The predicted molar refractivity (Wildman–Crippen MR) is 66.7 cm³/mol. The van der Waals surface area contributed by atoms with Crippen LogP contribution in [0.25, 0.3) is 0 Å². The summed E-state index contributed by atoms with van der Waals surface area (Å²) in [5.74, 6) is 0. The van der Waals surface area contributed by atoms with E-state index in [1.165, 1.54) is 0 Å². The lowest BCUT2D eigenvalue weighted by Gasteiger charge is -2.35. The van der Waals surface area contributed by atoms with Crippen molar-refractivity contribution in [3.8, 4) is 0 Å². The van der Waals surface area contributed by atoms with Crippen molar-refractivity contribution in [2.75, 3.05) is 7.11 Å². The summed E-state index contributed by atoms with van der Waals surface area (Å²) in [6, 6.07) is 7.29. The van der Waals surface area contributed by atoms with E-state index >= 15 is 0 Å². The van der Waals surface area contributed by atoms with E-state index in [4.69, 9.17) is 16.3 Å². The molecule has 3 heteroatoms. The normalized spacial score (nSPS) is 13.8. The van der Waals surface area contributed by atoms with Gasteiger partial charge in [-0.05, 0) is 30.5 Å². The van der Waals surface area contributed by atoms with E-state index in [0.717, 1.165) is 18.4 Å². The fraction of sp³-hybridized carbons (Fsp3) is 0.538. The van der Waals surface area contributed by atoms with Gasteiger partial charge in [-0.3, -0.25) is 0 Å². The summed E-state index contributed by atoms with van der Waals surface area (Å²) in [4.78, 5) is 0. The highest BCUT2D eigenvalue weighted by molar-refractivity contribution is 6.30. The number of hydrogen-bond donors (Lipinski definition) is 1. The zero-order valence-corrected chi connectivity index (χ0v) is 10.8. The highest BCUT2D eigenvalue weighted by Crippen LogP contribution is 2.35. The van der Waals surface area contributed by atoms with Gasteiger partial charge in [0.25, 0.3) is 0 Å². The van der Waals surface area contributed by atoms with Crippen molar-refractivity contribution in [1.29, 1.82) is 0 Å². The fourth-order valence-corrected chi connectivity index (χ4v) is 2.22. The van der Waals surface area contributed by atoms with Crippen molar-refractivity contribution >= 4 is 11.6 Å². The maximum absolute atomic E-state index is 10.4. The summed E-state index contributed by atoms with van der Waals surface area (Å²) >= 11 is 5.92. The van der Waals surface area contributed by atoms with Crippen molar-refractivity contribution in [3.63, 3.8) is 0 Å². The maximum Gasteiger partial charge on any atom is 0.108 e. The summed E-state index contributed by atoms with van der Waals surface area (Å²) < 4.78 is 5.50. The second-order valence-corrected chi connectivity index (χ2v) is 4.37. The van der Waals surface area contributed by atoms with Crippen LogP contribution < -0.4 is 0 Å². The van der Waals surface area contributed by atoms with Crippen LogP contribution in [0, 0.1) is 0 Å². The Labute approximate surface area is 102 Å². The number of aliphatic hydroxyl groups excluding tert-OH is 1. The molecule has 0 amide bonds. The van der Waals surface area contributed by atoms with Crippen LogP contribution in [-0.4, -0.2) is 17.8 Å². The molecule has 0 aliphatic heterocycles. The predicted octanol–water partition coefficient (Wildman–Crippen LogP) is 3.58. The second-order valence-electron chi connectivity index (χ2n) is 3.93. The molecule has 1 atom stereocenters. The Morgan fingerprint density at radius 2 is 2.00 bits per heavy atom. The van der Waals surface area contributed by atoms with E-state index in [9.17, 15) is 5.11 Å². The fourth-order valence-electron chi connectivity index (χ4n) is 2.02. The molecule has 0 heterocycles. The highest BCUT2D eigenvalue weighted by Gasteiger charge is 2.35. The number of benzene rings is 1. The van der Waals surface area contributed by atoms with Gasteiger partial charge in [0.05, 0.1) is 5.60 Å². The molecule has 2 nitrogen and oxygen atoms in total. The van der Waals surface area contributed by atoms with Gasteiger partial charge < -0.3 is 9.84 Å². The summed E-state index contributed by atoms with van der Waals surface area (Å²) in [6.45, 7) is 4.03. The first-order chi connectivity index (χ1) is 7.59. The lowest BCUT2D eigenvalue weighted by molar-refractivity contribution is -0.109. The smallest absolute Gasteiger partial charge is 0.108 e. The van der Waals surface area contributed by atoms with Crippen LogP contribution >= 0.6 is 11.6 Å². The van der Waals surface area contributed by atoms with Crippen molar-refractivity contribution in [3.05, 3.63) is 34.9 Å². The molecular weight excluding hydrogens is 224 g/mol. The number of aliphatic hydroxyl groups is 1. The van der Waals surface area contributed by atoms with Crippen molar-refractivity contribution in [1.82, 2.24) is 0 Å². The van der Waals surface area contributed by atoms with Gasteiger partial charge in [-0.1, -0.05) is 37.6 Å². The molecule has 0 aliphatic carbocycles. The monoisotopic (exact) mass is 242 g/mol. The Kier molecular flexibility index (Phi) is 4.78. The molecule has 1 N–H and O–H groups in total. The van der Waals surface area contributed by atoms with Crippen molar-refractivity contribution < 1.29 is 9.84 Å². The third-order valence-electron chi connectivity index (χ3n) is 3.27. The number of ether oxygens (including phenoxy) is 1. The first kappa shape index (κ1) is 13.5. The lowest BCUT2D eigenvalue weighted by atomic mass is 9.86. The second kappa shape index (κ2) is 5.67. The van der Waals surface area contributed by atoms with E-state index in [-0.39, 0.29) is 0 Å². The van der Waals surface area contributed by atoms with Gasteiger partial charge in [0.1, 0.15) is 6.10 Å². The SMILES string of the molecule is CCC(CC)(OC)C(O)c1cccc(Cl)c1. The standard InChI is InChI=1S/C13H19ClO2/c1-4-13(5-2,16-3)12(15)10-7-6-8-11(14)9-10/h6-9,12,15H,4-5H2,1-3H3. The van der Waals surface area contributed by atoms with Crippen LogP contribution in [0.3, 0.4) is 0 Å². The zero-order valence-electron chi connectivity index (χ0n) is 10.0. The molecule has 0 saturated carbocycles. The van der Waals surface area contributed by atoms with Gasteiger partial charge in [-0.2, -0.15) is 0 Å². The Morgan fingerprint density at radius 1 is 1.38 bits per heavy atom. The molecule has 0 radical (unpaired) electrons. The topological polar surface area (TPSA) is 29.5 Å². The average molecular weight is 243 g/mol. The van der Waals surface area contributed by atoms with E-state index in [1.54, 1.807) is 19.2 Å². The first-order valence-electron chi connectivity index (χ1n) is 5.58. The number of methoxy groups -OCH3 is 1. The third kappa shape index (κ3) is 2.57. The van der Waals surface area contributed by atoms with Crippen LogP contribution in [0.4, 0.5) is 0 Å². The van der Waals surface area contributed by atoms with Crippen molar-refractivity contribution in [2.45, 2.75) is 38.4 Å². The Balaban J connectivity index is 3.03. The molecule has 16 heavy (non-hydrogen) atoms. The maximum atomic E-state index is 10.4. The van der Waals surface area contributed by atoms with E-state index in [1.807, 2.05) is 26.0 Å². The minimum absolute atomic E-state index is 0.523. The molecule has 0 aromatic heterocycles. The Morgan fingerprint density at radius 3 is 2.44 bits per heavy atom. The molecule has 1 aromatic rings. The Hall–Kier alpha value is -0.570. The van der Waals surface area contributed by atoms with E-state index in [0.29, 0.717) is 5.02 Å². The minimum atomic E-state index is -0.647. The number of halogens is 1. The number of hydrogen-bond acceptors (Lipinski definition) is 2. The highest BCUT2D eigenvalue weighted by atomic mass is 35.5. The van der Waals surface area contributed by atoms with Gasteiger partial charge in [0, 0.05) is 12.1 Å². The third-order valence-corrected chi connectivity index (χ3v) is 3.50. The molecule has 1 rings (SSSR count). The number of rotatable bonds is 5. The summed E-state index contributed by atoms with van der Waals surface area (Å²) in [7, 11) is 1.64. The van der Waals surface area contributed by atoms with E-state index in [2.05, 4.69) is 0 Å². The van der Waals surface area contributed by atoms with Gasteiger partial charge in [-0.15, -0.1) is 0 Å². The van der Waals surface area contributed by atoms with Gasteiger partial charge >= 0.3 is 0 Å². The summed E-state index contributed by atoms with van der Waals surface area (Å²) in [5, 5.41) is 11.0. The van der Waals surface area contributed by atoms with Gasteiger partial charge in [-0.25, -0.2) is 0 Å².